The fraction of sp³-hybridized carbons (Fsp3) is 0.409. The largest absolute Gasteiger partial charge is 0.372 e. The molecular formula is C22H28ClN3O. The van der Waals surface area contributed by atoms with E-state index >= 15 is 0 Å². The van der Waals surface area contributed by atoms with E-state index in [9.17, 15) is 4.79 Å². The van der Waals surface area contributed by atoms with Crippen LogP contribution >= 0.6 is 11.6 Å². The van der Waals surface area contributed by atoms with E-state index in [0.717, 1.165) is 36.8 Å². The number of rotatable bonds is 8. The van der Waals surface area contributed by atoms with E-state index in [1.54, 1.807) is 0 Å². The van der Waals surface area contributed by atoms with Crippen molar-refractivity contribution in [2.45, 2.75) is 32.1 Å². The van der Waals surface area contributed by atoms with Crippen LogP contribution in [0.3, 0.4) is 0 Å². The lowest BCUT2D eigenvalue weighted by atomic mass is 10.1. The minimum Gasteiger partial charge on any atom is -0.372 e. The number of amides is 1. The van der Waals surface area contributed by atoms with Crippen molar-refractivity contribution in [3.8, 4) is 0 Å². The summed E-state index contributed by atoms with van der Waals surface area (Å²) in [6.45, 7) is 3.76. The first-order valence-corrected chi connectivity index (χ1v) is 10.2. The maximum Gasteiger partial charge on any atom is 0.225 e. The van der Waals surface area contributed by atoms with Crippen LogP contribution in [0.15, 0.2) is 48.5 Å². The van der Waals surface area contributed by atoms with Gasteiger partial charge in [0.05, 0.1) is 0 Å². The molecule has 0 spiro atoms. The third kappa shape index (κ3) is 6.56. The first-order valence-electron chi connectivity index (χ1n) is 9.81. The Balaban J connectivity index is 1.34. The lowest BCUT2D eigenvalue weighted by Gasteiger charge is -2.28. The van der Waals surface area contributed by atoms with Gasteiger partial charge in [-0.2, -0.15) is 0 Å². The van der Waals surface area contributed by atoms with Crippen LogP contribution in [0.4, 0.5) is 11.4 Å². The Kier molecular flexibility index (Phi) is 7.55. The fourth-order valence-electron chi connectivity index (χ4n) is 3.38. The Hall–Kier alpha value is -2.04. The van der Waals surface area contributed by atoms with Crippen molar-refractivity contribution in [3.05, 3.63) is 59.1 Å². The number of halogens is 1. The highest BCUT2D eigenvalue weighted by atomic mass is 35.5. The van der Waals surface area contributed by atoms with Gasteiger partial charge in [-0.1, -0.05) is 23.7 Å². The monoisotopic (exact) mass is 385 g/mol. The van der Waals surface area contributed by atoms with Gasteiger partial charge in [-0.15, -0.1) is 0 Å². The predicted molar refractivity (Wildman–Crippen MR) is 114 cm³/mol. The number of hydrogen-bond donors (Lipinski definition) is 2. The number of carbonyl (C=O) groups excluding carboxylic acids is 1. The van der Waals surface area contributed by atoms with Crippen molar-refractivity contribution in [1.29, 1.82) is 0 Å². The molecule has 0 aromatic heterocycles. The van der Waals surface area contributed by atoms with Crippen molar-refractivity contribution in [3.63, 3.8) is 0 Å². The van der Waals surface area contributed by atoms with Gasteiger partial charge in [-0.3, -0.25) is 4.79 Å². The quantitative estimate of drug-likeness (QED) is 0.658. The zero-order chi connectivity index (χ0) is 18.9. The van der Waals surface area contributed by atoms with Gasteiger partial charge in [-0.25, -0.2) is 0 Å². The van der Waals surface area contributed by atoms with Gasteiger partial charge in [0.25, 0.3) is 0 Å². The van der Waals surface area contributed by atoms with Crippen molar-refractivity contribution in [2.24, 2.45) is 0 Å². The van der Waals surface area contributed by atoms with Crippen LogP contribution in [0.2, 0.25) is 5.02 Å². The number of nitrogens with one attached hydrogen (secondary N) is 2. The van der Waals surface area contributed by atoms with Crippen LogP contribution in [-0.2, 0) is 11.2 Å². The number of piperidine rings is 1. The van der Waals surface area contributed by atoms with E-state index in [1.165, 1.54) is 30.5 Å². The van der Waals surface area contributed by atoms with Crippen LogP contribution in [0.25, 0.3) is 0 Å². The third-order valence-corrected chi connectivity index (χ3v) is 5.12. The third-order valence-electron chi connectivity index (χ3n) is 4.88. The van der Waals surface area contributed by atoms with Crippen LogP contribution in [0, 0.1) is 0 Å². The fourth-order valence-corrected chi connectivity index (χ4v) is 3.60. The summed E-state index contributed by atoms with van der Waals surface area (Å²) in [5, 5.41) is 7.05. The Morgan fingerprint density at radius 1 is 1.00 bits per heavy atom. The second-order valence-corrected chi connectivity index (χ2v) is 7.46. The minimum absolute atomic E-state index is 0.0379. The van der Waals surface area contributed by atoms with Gasteiger partial charge in [0.2, 0.25) is 5.91 Å². The highest BCUT2D eigenvalue weighted by Crippen LogP contribution is 2.21. The zero-order valence-electron chi connectivity index (χ0n) is 15.7. The standard InChI is InChI=1S/C22H28ClN3O/c23-19-6-4-5-18(17-19)11-13-24-14-12-22(27)25-20-7-9-21(10-8-20)26-15-2-1-3-16-26/h4-10,17,24H,1-3,11-16H2,(H,25,27). The summed E-state index contributed by atoms with van der Waals surface area (Å²) in [6.07, 6.45) is 5.23. The van der Waals surface area contributed by atoms with E-state index in [2.05, 4.69) is 33.7 Å². The molecule has 0 radical (unpaired) electrons. The predicted octanol–water partition coefficient (Wildman–Crippen LogP) is 4.49. The summed E-state index contributed by atoms with van der Waals surface area (Å²) in [5.74, 6) is 0.0379. The minimum atomic E-state index is 0.0379. The molecular weight excluding hydrogens is 358 g/mol. The molecule has 144 valence electrons. The second kappa shape index (κ2) is 10.3. The highest BCUT2D eigenvalue weighted by molar-refractivity contribution is 6.30. The van der Waals surface area contributed by atoms with E-state index in [1.807, 2.05) is 30.3 Å². The van der Waals surface area contributed by atoms with Gasteiger partial charge in [0, 0.05) is 42.5 Å². The average molecular weight is 386 g/mol. The summed E-state index contributed by atoms with van der Waals surface area (Å²) >= 11 is 5.98. The number of carbonyl (C=O) groups is 1. The molecule has 0 saturated carbocycles. The summed E-state index contributed by atoms with van der Waals surface area (Å²) in [5.41, 5.74) is 3.31. The summed E-state index contributed by atoms with van der Waals surface area (Å²) in [4.78, 5) is 14.5. The Morgan fingerprint density at radius 3 is 2.52 bits per heavy atom. The molecule has 0 aliphatic carbocycles. The lowest BCUT2D eigenvalue weighted by molar-refractivity contribution is -0.116. The molecule has 4 nitrogen and oxygen atoms in total. The number of nitrogens with zero attached hydrogens (tertiary/aromatic N) is 1. The van der Waals surface area contributed by atoms with E-state index in [0.29, 0.717) is 13.0 Å². The second-order valence-electron chi connectivity index (χ2n) is 7.02. The number of benzene rings is 2. The lowest BCUT2D eigenvalue weighted by Crippen LogP contribution is -2.29. The summed E-state index contributed by atoms with van der Waals surface area (Å²) < 4.78 is 0. The first kappa shape index (κ1) is 19.7. The number of hydrogen-bond acceptors (Lipinski definition) is 3. The molecule has 2 aromatic carbocycles. The molecule has 5 heteroatoms. The Labute approximate surface area is 166 Å². The maximum absolute atomic E-state index is 12.1. The van der Waals surface area contributed by atoms with Crippen molar-refractivity contribution in [1.82, 2.24) is 5.32 Å². The van der Waals surface area contributed by atoms with Crippen LogP contribution in [0.5, 0.6) is 0 Å². The zero-order valence-corrected chi connectivity index (χ0v) is 16.5. The molecule has 1 fully saturated rings. The topological polar surface area (TPSA) is 44.4 Å². The van der Waals surface area contributed by atoms with Crippen molar-refractivity contribution < 1.29 is 4.79 Å². The van der Waals surface area contributed by atoms with Gasteiger partial charge in [0.15, 0.2) is 0 Å². The molecule has 0 bridgehead atoms. The van der Waals surface area contributed by atoms with Crippen molar-refractivity contribution in [2.75, 3.05) is 36.4 Å². The molecule has 0 unspecified atom stereocenters. The smallest absolute Gasteiger partial charge is 0.225 e. The van der Waals surface area contributed by atoms with E-state index < -0.39 is 0 Å². The Bertz CT molecular complexity index is 727. The molecule has 3 rings (SSSR count). The SMILES string of the molecule is O=C(CCNCCc1cccc(Cl)c1)Nc1ccc(N2CCCCC2)cc1. The van der Waals surface area contributed by atoms with E-state index in [4.69, 9.17) is 11.6 Å². The number of anilines is 2. The van der Waals surface area contributed by atoms with Crippen LogP contribution < -0.4 is 15.5 Å². The normalized spacial score (nSPS) is 14.2. The first-order chi connectivity index (χ1) is 13.2. The molecule has 1 aliphatic rings. The van der Waals surface area contributed by atoms with Gasteiger partial charge in [-0.05, 0) is 74.2 Å². The molecule has 1 amide bonds. The molecule has 0 atom stereocenters. The summed E-state index contributed by atoms with van der Waals surface area (Å²) in [6, 6.07) is 16.1. The van der Waals surface area contributed by atoms with Gasteiger partial charge in [0.1, 0.15) is 0 Å². The summed E-state index contributed by atoms with van der Waals surface area (Å²) in [7, 11) is 0. The molecule has 1 aliphatic heterocycles. The highest BCUT2D eigenvalue weighted by Gasteiger charge is 2.10. The van der Waals surface area contributed by atoms with Crippen LogP contribution in [-0.4, -0.2) is 32.1 Å². The molecule has 2 N–H and O–H groups in total. The molecule has 2 aromatic rings. The average Bonchev–Trinajstić information content (AvgIpc) is 2.69. The molecule has 27 heavy (non-hydrogen) atoms. The van der Waals surface area contributed by atoms with Crippen LogP contribution in [0.1, 0.15) is 31.2 Å². The molecule has 1 heterocycles. The van der Waals surface area contributed by atoms with Gasteiger partial charge >= 0.3 is 0 Å². The van der Waals surface area contributed by atoms with Crippen molar-refractivity contribution >= 4 is 28.9 Å². The van der Waals surface area contributed by atoms with Gasteiger partial charge < -0.3 is 15.5 Å². The van der Waals surface area contributed by atoms with E-state index in [-0.39, 0.29) is 5.91 Å². The maximum atomic E-state index is 12.1. The molecule has 1 saturated heterocycles. The Morgan fingerprint density at radius 2 is 1.78 bits per heavy atom.